The van der Waals surface area contributed by atoms with Crippen molar-refractivity contribution >= 4 is 33.4 Å². The maximum absolute atomic E-state index is 12.8. The highest BCUT2D eigenvalue weighted by Gasteiger charge is 2.34. The van der Waals surface area contributed by atoms with E-state index in [4.69, 9.17) is 0 Å². The van der Waals surface area contributed by atoms with Crippen molar-refractivity contribution in [3.63, 3.8) is 0 Å². The fourth-order valence-electron chi connectivity index (χ4n) is 2.57. The van der Waals surface area contributed by atoms with Crippen LogP contribution in [0.25, 0.3) is 0 Å². The van der Waals surface area contributed by atoms with E-state index in [1.807, 2.05) is 6.92 Å². The lowest BCUT2D eigenvalue weighted by molar-refractivity contribution is -0.117. The van der Waals surface area contributed by atoms with Gasteiger partial charge in [-0.2, -0.15) is 8.42 Å². The van der Waals surface area contributed by atoms with Crippen molar-refractivity contribution in [2.45, 2.75) is 20.3 Å². The number of nitrogens with zero attached hydrogens (tertiary/aromatic N) is 1. The summed E-state index contributed by atoms with van der Waals surface area (Å²) in [6.45, 7) is 3.30. The molecule has 0 aromatic heterocycles. The minimum Gasteiger partial charge on any atom is -0.325 e. The first-order valence-electron chi connectivity index (χ1n) is 6.76. The number of carbonyl (C=O) groups excluding carboxylic acids is 2. The fraction of sp³-hybridized carbons (Fsp3) is 0.429. The van der Waals surface area contributed by atoms with E-state index in [1.54, 1.807) is 18.2 Å². The minimum absolute atomic E-state index is 0.0311. The van der Waals surface area contributed by atoms with E-state index in [0.29, 0.717) is 11.4 Å². The highest BCUT2D eigenvalue weighted by atomic mass is 32.3. The van der Waals surface area contributed by atoms with Crippen molar-refractivity contribution in [1.29, 1.82) is 0 Å². The van der Waals surface area contributed by atoms with Crippen LogP contribution in [-0.2, 0) is 19.8 Å². The van der Waals surface area contributed by atoms with Gasteiger partial charge in [0, 0.05) is 25.8 Å². The number of nitrogens with one attached hydrogen (secondary N) is 1. The number of halogens is 1. The Hall–Kier alpha value is -1.96. The van der Waals surface area contributed by atoms with Crippen molar-refractivity contribution in [2.24, 2.45) is 5.92 Å². The lowest BCUT2D eigenvalue weighted by Crippen LogP contribution is -2.27. The zero-order valence-electron chi connectivity index (χ0n) is 12.3. The van der Waals surface area contributed by atoms with Gasteiger partial charge in [0.25, 0.3) is 0 Å². The van der Waals surface area contributed by atoms with E-state index in [2.05, 4.69) is 5.32 Å². The van der Waals surface area contributed by atoms with E-state index in [1.165, 1.54) is 11.8 Å². The van der Waals surface area contributed by atoms with Gasteiger partial charge in [-0.3, -0.25) is 9.59 Å². The summed E-state index contributed by atoms with van der Waals surface area (Å²) in [4.78, 5) is 24.8. The second kappa shape index (κ2) is 6.04. The average molecular weight is 328 g/mol. The number of benzene rings is 1. The monoisotopic (exact) mass is 328 g/mol. The molecule has 0 spiro atoms. The second-order valence-electron chi connectivity index (χ2n) is 5.48. The minimum atomic E-state index is -4.62. The quantitative estimate of drug-likeness (QED) is 0.851. The number of aryl methyl sites for hydroxylation is 1. The third kappa shape index (κ3) is 4.03. The van der Waals surface area contributed by atoms with Gasteiger partial charge in [0.1, 0.15) is 0 Å². The number of rotatable bonds is 4. The van der Waals surface area contributed by atoms with Crippen molar-refractivity contribution in [3.8, 4) is 0 Å². The fourth-order valence-corrected chi connectivity index (χ4v) is 3.35. The third-order valence-electron chi connectivity index (χ3n) is 3.39. The van der Waals surface area contributed by atoms with Gasteiger partial charge in [-0.05, 0) is 24.6 Å². The molecule has 1 unspecified atom stereocenters. The van der Waals surface area contributed by atoms with Crippen molar-refractivity contribution in [2.75, 3.05) is 22.5 Å². The lowest BCUT2D eigenvalue weighted by Gasteiger charge is -2.21. The maximum atomic E-state index is 12.8. The highest BCUT2D eigenvalue weighted by molar-refractivity contribution is 7.86. The molecule has 0 bridgehead atoms. The van der Waals surface area contributed by atoms with Gasteiger partial charge in [-0.25, -0.2) is 0 Å². The molecular formula is C14H17FN2O4S. The normalized spacial score (nSPS) is 18.6. The number of anilines is 2. The van der Waals surface area contributed by atoms with Gasteiger partial charge in [-0.15, -0.1) is 3.89 Å². The standard InChI is InChI=1S/C14H17FN2O4S/c1-9-3-4-12(16-10(2)18)13(5-9)17-7-11(6-14(17)19)8-22(15,20)21/h3-5,11H,6-8H2,1-2H3,(H,16,18). The molecule has 1 saturated heterocycles. The topological polar surface area (TPSA) is 83.6 Å². The van der Waals surface area contributed by atoms with Gasteiger partial charge in [0.15, 0.2) is 0 Å². The van der Waals surface area contributed by atoms with Crippen LogP contribution in [0.4, 0.5) is 15.3 Å². The van der Waals surface area contributed by atoms with Crippen LogP contribution < -0.4 is 10.2 Å². The Morgan fingerprint density at radius 1 is 1.45 bits per heavy atom. The molecule has 1 heterocycles. The Kier molecular flexibility index (Phi) is 4.50. The molecule has 1 atom stereocenters. The van der Waals surface area contributed by atoms with E-state index >= 15 is 0 Å². The van der Waals surface area contributed by atoms with Crippen LogP contribution in [0, 0.1) is 12.8 Å². The van der Waals surface area contributed by atoms with Gasteiger partial charge in [-0.1, -0.05) is 6.07 Å². The van der Waals surface area contributed by atoms with Gasteiger partial charge in [0.2, 0.25) is 11.8 Å². The molecule has 1 aliphatic rings. The SMILES string of the molecule is CC(=O)Nc1ccc(C)cc1N1CC(CS(=O)(=O)F)CC1=O. The Labute approximate surface area is 128 Å². The summed E-state index contributed by atoms with van der Waals surface area (Å²) in [5.41, 5.74) is 1.85. The summed E-state index contributed by atoms with van der Waals surface area (Å²) < 4.78 is 34.3. The Balaban J connectivity index is 2.29. The molecule has 8 heteroatoms. The average Bonchev–Trinajstić information content (AvgIpc) is 2.69. The van der Waals surface area contributed by atoms with Crippen molar-refractivity contribution in [3.05, 3.63) is 23.8 Å². The number of hydrogen-bond acceptors (Lipinski definition) is 4. The summed E-state index contributed by atoms with van der Waals surface area (Å²) in [7, 11) is -4.62. The first-order chi connectivity index (χ1) is 10.2. The van der Waals surface area contributed by atoms with E-state index in [9.17, 15) is 21.9 Å². The van der Waals surface area contributed by atoms with E-state index in [-0.39, 0.29) is 24.8 Å². The highest BCUT2D eigenvalue weighted by Crippen LogP contribution is 2.33. The molecule has 1 aromatic rings. The summed E-state index contributed by atoms with van der Waals surface area (Å²) >= 11 is 0. The Morgan fingerprint density at radius 2 is 2.14 bits per heavy atom. The molecule has 6 nitrogen and oxygen atoms in total. The largest absolute Gasteiger partial charge is 0.325 e. The van der Waals surface area contributed by atoms with Crippen molar-refractivity contribution < 1.29 is 21.9 Å². The predicted molar refractivity (Wildman–Crippen MR) is 80.8 cm³/mol. The molecule has 1 N–H and O–H groups in total. The smallest absolute Gasteiger partial charge is 0.302 e. The number of carbonyl (C=O) groups is 2. The second-order valence-corrected chi connectivity index (χ2v) is 6.89. The van der Waals surface area contributed by atoms with Gasteiger partial charge >= 0.3 is 10.2 Å². The van der Waals surface area contributed by atoms with Crippen LogP contribution in [0.5, 0.6) is 0 Å². The molecule has 1 aromatic carbocycles. The summed E-state index contributed by atoms with van der Waals surface area (Å²) in [5, 5.41) is 2.64. The van der Waals surface area contributed by atoms with Crippen LogP contribution >= 0.6 is 0 Å². The molecule has 1 fully saturated rings. The maximum Gasteiger partial charge on any atom is 0.302 e. The van der Waals surface area contributed by atoms with E-state index in [0.717, 1.165) is 5.56 Å². The molecule has 2 amide bonds. The molecule has 0 radical (unpaired) electrons. The lowest BCUT2D eigenvalue weighted by atomic mass is 10.1. The molecule has 0 saturated carbocycles. The summed E-state index contributed by atoms with van der Waals surface area (Å²) in [6.07, 6.45) is -0.0311. The number of hydrogen-bond donors (Lipinski definition) is 1. The summed E-state index contributed by atoms with van der Waals surface area (Å²) in [5.74, 6) is -1.82. The first kappa shape index (κ1) is 16.4. The molecule has 2 rings (SSSR count). The Bertz CT molecular complexity index is 718. The molecular weight excluding hydrogens is 311 g/mol. The van der Waals surface area contributed by atoms with Crippen LogP contribution in [-0.4, -0.2) is 32.5 Å². The molecule has 0 aliphatic carbocycles. The van der Waals surface area contributed by atoms with E-state index < -0.39 is 21.9 Å². The zero-order valence-corrected chi connectivity index (χ0v) is 13.1. The Morgan fingerprint density at radius 3 is 2.73 bits per heavy atom. The third-order valence-corrected chi connectivity index (χ3v) is 4.26. The molecule has 22 heavy (non-hydrogen) atoms. The van der Waals surface area contributed by atoms with Crippen LogP contribution in [0.2, 0.25) is 0 Å². The zero-order chi connectivity index (χ0) is 16.5. The first-order valence-corrected chi connectivity index (χ1v) is 8.32. The van der Waals surface area contributed by atoms with Gasteiger partial charge in [0.05, 0.1) is 17.1 Å². The summed E-state index contributed by atoms with van der Waals surface area (Å²) in [6, 6.07) is 5.20. The van der Waals surface area contributed by atoms with Crippen molar-refractivity contribution in [1.82, 2.24) is 0 Å². The molecule has 1 aliphatic heterocycles. The van der Waals surface area contributed by atoms with Crippen LogP contribution in [0.15, 0.2) is 18.2 Å². The van der Waals surface area contributed by atoms with Crippen LogP contribution in [0.1, 0.15) is 18.9 Å². The van der Waals surface area contributed by atoms with Gasteiger partial charge < -0.3 is 10.2 Å². The number of amides is 2. The van der Waals surface area contributed by atoms with Crippen LogP contribution in [0.3, 0.4) is 0 Å². The molecule has 120 valence electrons. The predicted octanol–water partition coefficient (Wildman–Crippen LogP) is 1.61.